The number of pyridine rings is 2. The second-order valence-corrected chi connectivity index (χ2v) is 3.95. The summed E-state index contributed by atoms with van der Waals surface area (Å²) in [5, 5.41) is 13.7. The van der Waals surface area contributed by atoms with Crippen LogP contribution in [-0.4, -0.2) is 28.5 Å². The largest absolute Gasteiger partial charge is 0.492 e. The lowest BCUT2D eigenvalue weighted by atomic mass is 10.1. The van der Waals surface area contributed by atoms with Crippen LogP contribution >= 0.6 is 0 Å². The molecule has 0 aromatic carbocycles. The predicted molar refractivity (Wildman–Crippen MR) is 74.8 cm³/mol. The average Bonchev–Trinajstić information content (AvgIpc) is 2.47. The Morgan fingerprint density at radius 1 is 1.35 bits per heavy atom. The Bertz CT molecular complexity index is 631. The van der Waals surface area contributed by atoms with Crippen LogP contribution in [0.2, 0.25) is 0 Å². The summed E-state index contributed by atoms with van der Waals surface area (Å²) < 4.78 is 5.36. The van der Waals surface area contributed by atoms with Crippen LogP contribution in [0, 0.1) is 10.1 Å². The molecule has 1 N–H and O–H groups in total. The normalized spacial score (nSPS) is 10.1. The molecule has 0 amide bonds. The second kappa shape index (κ2) is 5.96. The zero-order valence-corrected chi connectivity index (χ0v) is 11.2. The summed E-state index contributed by atoms with van der Waals surface area (Å²) in [6.07, 6.45) is 3.18. The third-order valence-electron chi connectivity index (χ3n) is 2.60. The lowest BCUT2D eigenvalue weighted by molar-refractivity contribution is -0.384. The molecule has 2 heterocycles. The van der Waals surface area contributed by atoms with E-state index in [2.05, 4.69) is 15.3 Å². The summed E-state index contributed by atoms with van der Waals surface area (Å²) in [6.45, 7) is 2.40. The van der Waals surface area contributed by atoms with Crippen LogP contribution in [0.1, 0.15) is 6.92 Å². The van der Waals surface area contributed by atoms with E-state index in [0.29, 0.717) is 29.4 Å². The van der Waals surface area contributed by atoms with Gasteiger partial charge in [-0.25, -0.2) is 4.98 Å². The Morgan fingerprint density at radius 2 is 2.15 bits per heavy atom. The molecule has 0 aliphatic rings. The maximum atomic E-state index is 10.9. The fourth-order valence-electron chi connectivity index (χ4n) is 1.70. The monoisotopic (exact) mass is 274 g/mol. The van der Waals surface area contributed by atoms with Gasteiger partial charge in [0.2, 0.25) is 0 Å². The van der Waals surface area contributed by atoms with Crippen LogP contribution in [-0.2, 0) is 0 Å². The highest BCUT2D eigenvalue weighted by atomic mass is 16.6. The van der Waals surface area contributed by atoms with Crippen LogP contribution < -0.4 is 10.1 Å². The molecule has 20 heavy (non-hydrogen) atoms. The molecule has 7 nitrogen and oxygen atoms in total. The maximum Gasteiger partial charge on any atom is 0.275 e. The molecule has 0 aliphatic carbocycles. The summed E-state index contributed by atoms with van der Waals surface area (Å²) in [5.41, 5.74) is 1.11. The number of aromatic nitrogens is 2. The van der Waals surface area contributed by atoms with Gasteiger partial charge >= 0.3 is 0 Å². The maximum absolute atomic E-state index is 10.9. The van der Waals surface area contributed by atoms with Crippen LogP contribution in [0.15, 0.2) is 30.6 Å². The molecule has 2 aromatic rings. The van der Waals surface area contributed by atoms with Gasteiger partial charge in [-0.15, -0.1) is 0 Å². The van der Waals surface area contributed by atoms with Crippen molar-refractivity contribution < 1.29 is 9.66 Å². The van der Waals surface area contributed by atoms with Crippen molar-refractivity contribution in [2.75, 3.05) is 19.0 Å². The molecule has 0 saturated carbocycles. The summed E-state index contributed by atoms with van der Waals surface area (Å²) in [6, 6.07) is 4.54. The molecular weight excluding hydrogens is 260 g/mol. The van der Waals surface area contributed by atoms with Crippen LogP contribution in [0.25, 0.3) is 11.3 Å². The van der Waals surface area contributed by atoms with Gasteiger partial charge in [-0.1, -0.05) is 0 Å². The smallest absolute Gasteiger partial charge is 0.275 e. The van der Waals surface area contributed by atoms with E-state index in [1.165, 1.54) is 12.1 Å². The van der Waals surface area contributed by atoms with Crippen molar-refractivity contribution in [1.82, 2.24) is 9.97 Å². The lowest BCUT2D eigenvalue weighted by Crippen LogP contribution is -1.98. The predicted octanol–water partition coefficient (Wildman–Crippen LogP) is 2.49. The van der Waals surface area contributed by atoms with Crippen molar-refractivity contribution in [2.24, 2.45) is 0 Å². The van der Waals surface area contributed by atoms with Gasteiger partial charge in [-0.2, -0.15) is 0 Å². The summed E-state index contributed by atoms with van der Waals surface area (Å²) in [7, 11) is 1.66. The molecule has 0 fully saturated rings. The quantitative estimate of drug-likeness (QED) is 0.665. The third kappa shape index (κ3) is 3.00. The molecule has 0 bridgehead atoms. The van der Waals surface area contributed by atoms with Crippen molar-refractivity contribution in [2.45, 2.75) is 6.92 Å². The number of ether oxygens (including phenoxy) is 1. The fourth-order valence-corrected chi connectivity index (χ4v) is 1.70. The van der Waals surface area contributed by atoms with Gasteiger partial charge in [0, 0.05) is 24.9 Å². The van der Waals surface area contributed by atoms with E-state index in [1.807, 2.05) is 6.92 Å². The number of nitrogens with one attached hydrogen (secondary N) is 1. The number of rotatable bonds is 5. The Kier molecular flexibility index (Phi) is 4.09. The highest BCUT2D eigenvalue weighted by Gasteiger charge is 2.12. The van der Waals surface area contributed by atoms with E-state index >= 15 is 0 Å². The van der Waals surface area contributed by atoms with E-state index in [-0.39, 0.29) is 5.69 Å². The van der Waals surface area contributed by atoms with Gasteiger partial charge in [0.25, 0.3) is 5.69 Å². The standard InChI is InChI=1S/C13H14N4O3/c1-3-20-11-4-9(7-15-8-11)12-5-10(17(18)19)6-13(14-2)16-12/h4-8H,3H2,1-2H3,(H,14,16). The van der Waals surface area contributed by atoms with Gasteiger partial charge in [0.15, 0.2) is 0 Å². The minimum Gasteiger partial charge on any atom is -0.492 e. The molecule has 2 aromatic heterocycles. The summed E-state index contributed by atoms with van der Waals surface area (Å²) in [4.78, 5) is 18.8. The molecule has 0 unspecified atom stereocenters. The lowest BCUT2D eigenvalue weighted by Gasteiger charge is -2.07. The van der Waals surface area contributed by atoms with Crippen molar-refractivity contribution in [3.63, 3.8) is 0 Å². The number of anilines is 1. The first-order valence-corrected chi connectivity index (χ1v) is 6.06. The Balaban J connectivity index is 2.48. The minimum atomic E-state index is -0.453. The van der Waals surface area contributed by atoms with Crippen molar-refractivity contribution in [3.8, 4) is 17.0 Å². The topological polar surface area (TPSA) is 90.2 Å². The first-order chi connectivity index (χ1) is 9.63. The van der Waals surface area contributed by atoms with Crippen molar-refractivity contribution in [3.05, 3.63) is 40.7 Å². The van der Waals surface area contributed by atoms with E-state index in [0.717, 1.165) is 0 Å². The average molecular weight is 274 g/mol. The first-order valence-electron chi connectivity index (χ1n) is 6.06. The fraction of sp³-hybridized carbons (Fsp3) is 0.231. The second-order valence-electron chi connectivity index (χ2n) is 3.95. The molecular formula is C13H14N4O3. The number of nitro groups is 1. The zero-order chi connectivity index (χ0) is 14.5. The Hall–Kier alpha value is -2.70. The molecule has 0 aliphatic heterocycles. The summed E-state index contributed by atoms with van der Waals surface area (Å²) in [5.74, 6) is 1.03. The van der Waals surface area contributed by atoms with Crippen LogP contribution in [0.3, 0.4) is 0 Å². The highest BCUT2D eigenvalue weighted by Crippen LogP contribution is 2.26. The number of nitrogens with zero attached hydrogens (tertiary/aromatic N) is 3. The highest BCUT2D eigenvalue weighted by molar-refractivity contribution is 5.65. The molecule has 0 atom stereocenters. The molecule has 0 saturated heterocycles. The number of hydrogen-bond acceptors (Lipinski definition) is 6. The Morgan fingerprint density at radius 3 is 2.80 bits per heavy atom. The van der Waals surface area contributed by atoms with Gasteiger partial charge in [0.1, 0.15) is 11.6 Å². The van der Waals surface area contributed by atoms with E-state index in [1.54, 1.807) is 25.5 Å². The van der Waals surface area contributed by atoms with Gasteiger partial charge in [0.05, 0.1) is 29.5 Å². The minimum absolute atomic E-state index is 0.0267. The first kappa shape index (κ1) is 13.7. The van der Waals surface area contributed by atoms with E-state index in [9.17, 15) is 10.1 Å². The zero-order valence-electron chi connectivity index (χ0n) is 11.2. The Labute approximate surface area is 115 Å². The molecule has 0 radical (unpaired) electrons. The molecule has 104 valence electrons. The molecule has 2 rings (SSSR count). The third-order valence-corrected chi connectivity index (χ3v) is 2.60. The van der Waals surface area contributed by atoms with Crippen LogP contribution in [0.5, 0.6) is 5.75 Å². The van der Waals surface area contributed by atoms with Gasteiger partial charge in [-0.05, 0) is 13.0 Å². The summed E-state index contributed by atoms with van der Waals surface area (Å²) >= 11 is 0. The number of hydrogen-bond donors (Lipinski definition) is 1. The molecule has 0 spiro atoms. The van der Waals surface area contributed by atoms with Gasteiger partial charge in [-0.3, -0.25) is 15.1 Å². The van der Waals surface area contributed by atoms with Crippen LogP contribution in [0.4, 0.5) is 11.5 Å². The van der Waals surface area contributed by atoms with Crippen molar-refractivity contribution >= 4 is 11.5 Å². The van der Waals surface area contributed by atoms with E-state index < -0.39 is 4.92 Å². The SMILES string of the molecule is CCOc1cncc(-c2cc([N+](=O)[O-])cc(NC)n2)c1. The van der Waals surface area contributed by atoms with Gasteiger partial charge < -0.3 is 10.1 Å². The van der Waals surface area contributed by atoms with Crippen molar-refractivity contribution in [1.29, 1.82) is 0 Å². The van der Waals surface area contributed by atoms with E-state index in [4.69, 9.17) is 4.74 Å². The molecule has 7 heteroatoms.